The van der Waals surface area contributed by atoms with E-state index in [-0.39, 0.29) is 0 Å². The summed E-state index contributed by atoms with van der Waals surface area (Å²) in [5, 5.41) is 4.01. The topological polar surface area (TPSA) is 47.8 Å². The zero-order valence-electron chi connectivity index (χ0n) is 7.95. The van der Waals surface area contributed by atoms with E-state index >= 15 is 0 Å². The van der Waals surface area contributed by atoms with Crippen molar-refractivity contribution in [2.75, 3.05) is 0 Å². The Balaban J connectivity index is 2.24. The fourth-order valence-electron chi connectivity index (χ4n) is 1.23. The summed E-state index contributed by atoms with van der Waals surface area (Å²) in [6, 6.07) is 7.66. The van der Waals surface area contributed by atoms with Gasteiger partial charge in [0.15, 0.2) is 0 Å². The third-order valence-electron chi connectivity index (χ3n) is 1.94. The first-order valence-corrected chi connectivity index (χ1v) is 4.47. The average molecular weight is 199 g/mol. The second-order valence-corrected chi connectivity index (χ2v) is 2.93. The molecule has 1 aromatic heterocycles. The predicted molar refractivity (Wildman–Crippen MR) is 56.5 cm³/mol. The fraction of sp³-hybridized carbons (Fsp3) is 0. The van der Waals surface area contributed by atoms with Gasteiger partial charge in [0.05, 0.1) is 5.69 Å². The van der Waals surface area contributed by atoms with E-state index in [4.69, 9.17) is 0 Å². The van der Waals surface area contributed by atoms with E-state index in [1.165, 1.54) is 12.4 Å². The molecule has 0 atom stereocenters. The van der Waals surface area contributed by atoms with E-state index in [0.717, 1.165) is 17.5 Å². The highest BCUT2D eigenvalue weighted by Crippen LogP contribution is 2.08. The molecule has 0 saturated heterocycles. The second kappa shape index (κ2) is 4.32. The summed E-state index contributed by atoms with van der Waals surface area (Å²) in [6.45, 7) is 0. The van der Waals surface area contributed by atoms with Crippen molar-refractivity contribution in [3.05, 3.63) is 48.6 Å². The van der Waals surface area contributed by atoms with Gasteiger partial charge in [-0.05, 0) is 23.8 Å². The first-order chi connectivity index (χ1) is 7.40. The van der Waals surface area contributed by atoms with Gasteiger partial charge in [0, 0.05) is 0 Å². The van der Waals surface area contributed by atoms with E-state index < -0.39 is 0 Å². The number of carbonyl (C=O) groups is 1. The lowest BCUT2D eigenvalue weighted by molar-refractivity contribution is -0.104. The molecule has 0 aliphatic carbocycles. The summed E-state index contributed by atoms with van der Waals surface area (Å²) in [5.74, 6) is 0. The molecule has 0 N–H and O–H groups in total. The maximum atomic E-state index is 10.1. The molecular weight excluding hydrogens is 190 g/mol. The van der Waals surface area contributed by atoms with Gasteiger partial charge in [-0.25, -0.2) is 9.67 Å². The molecule has 4 nitrogen and oxygen atoms in total. The summed E-state index contributed by atoms with van der Waals surface area (Å²) in [5.41, 5.74) is 1.92. The van der Waals surface area contributed by atoms with E-state index in [2.05, 4.69) is 10.1 Å². The van der Waals surface area contributed by atoms with E-state index in [1.54, 1.807) is 17.1 Å². The van der Waals surface area contributed by atoms with Crippen molar-refractivity contribution >= 4 is 12.4 Å². The fourth-order valence-corrected chi connectivity index (χ4v) is 1.23. The van der Waals surface area contributed by atoms with Crippen LogP contribution in [0.5, 0.6) is 0 Å². The molecule has 74 valence electrons. The van der Waals surface area contributed by atoms with Gasteiger partial charge in [-0.2, -0.15) is 5.10 Å². The normalized spacial score (nSPS) is 10.7. The van der Waals surface area contributed by atoms with Crippen molar-refractivity contribution in [1.82, 2.24) is 14.8 Å². The Hall–Kier alpha value is -2.23. The van der Waals surface area contributed by atoms with Crippen molar-refractivity contribution in [1.29, 1.82) is 0 Å². The number of hydrogen-bond acceptors (Lipinski definition) is 3. The molecule has 0 radical (unpaired) electrons. The van der Waals surface area contributed by atoms with Crippen LogP contribution in [0.4, 0.5) is 0 Å². The average Bonchev–Trinajstić information content (AvgIpc) is 2.80. The van der Waals surface area contributed by atoms with Crippen LogP contribution in [0, 0.1) is 0 Å². The summed E-state index contributed by atoms with van der Waals surface area (Å²) in [4.78, 5) is 14.0. The monoisotopic (exact) mass is 199 g/mol. The highest BCUT2D eigenvalue weighted by atomic mass is 16.1. The molecule has 0 aliphatic heterocycles. The SMILES string of the molecule is O=C/C=C/c1ccc(-n2cncn2)cc1. The number of aldehydes is 1. The smallest absolute Gasteiger partial charge is 0.142 e. The standard InChI is InChI=1S/C11H9N3O/c15-7-1-2-10-3-5-11(6-4-10)14-9-12-8-13-14/h1-9H/b2-1+. The van der Waals surface area contributed by atoms with Crippen LogP contribution in [0.25, 0.3) is 11.8 Å². The Labute approximate surface area is 86.9 Å². The van der Waals surface area contributed by atoms with Crippen molar-refractivity contribution in [2.24, 2.45) is 0 Å². The van der Waals surface area contributed by atoms with Crippen molar-refractivity contribution < 1.29 is 4.79 Å². The number of nitrogens with zero attached hydrogens (tertiary/aromatic N) is 3. The molecule has 0 fully saturated rings. The molecule has 0 bridgehead atoms. The highest BCUT2D eigenvalue weighted by Gasteiger charge is 1.94. The summed E-state index contributed by atoms with van der Waals surface area (Å²) >= 11 is 0. The molecule has 2 rings (SSSR count). The Morgan fingerprint density at radius 1 is 1.20 bits per heavy atom. The third-order valence-corrected chi connectivity index (χ3v) is 1.94. The molecule has 0 saturated carbocycles. The van der Waals surface area contributed by atoms with Gasteiger partial charge in [0.25, 0.3) is 0 Å². The largest absolute Gasteiger partial charge is 0.299 e. The minimum atomic E-state index is 0.755. The quantitative estimate of drug-likeness (QED) is 0.555. The van der Waals surface area contributed by atoms with Gasteiger partial charge in [-0.15, -0.1) is 0 Å². The summed E-state index contributed by atoms with van der Waals surface area (Å²) < 4.78 is 1.67. The van der Waals surface area contributed by atoms with Crippen LogP contribution >= 0.6 is 0 Å². The first-order valence-electron chi connectivity index (χ1n) is 4.47. The Bertz CT molecular complexity index is 457. The van der Waals surface area contributed by atoms with E-state index in [1.807, 2.05) is 24.3 Å². The number of benzene rings is 1. The minimum absolute atomic E-state index is 0.755. The highest BCUT2D eigenvalue weighted by molar-refractivity contribution is 5.73. The van der Waals surface area contributed by atoms with Crippen LogP contribution in [0.1, 0.15) is 5.56 Å². The molecule has 1 heterocycles. The number of aromatic nitrogens is 3. The van der Waals surface area contributed by atoms with Crippen molar-refractivity contribution in [3.8, 4) is 5.69 Å². The van der Waals surface area contributed by atoms with Gasteiger partial charge in [0.1, 0.15) is 18.9 Å². The number of rotatable bonds is 3. The van der Waals surface area contributed by atoms with Gasteiger partial charge in [-0.3, -0.25) is 4.79 Å². The molecule has 0 unspecified atom stereocenters. The first kappa shape index (κ1) is 9.33. The summed E-state index contributed by atoms with van der Waals surface area (Å²) in [6.07, 6.45) is 7.09. The van der Waals surface area contributed by atoms with Gasteiger partial charge < -0.3 is 0 Å². The third kappa shape index (κ3) is 2.17. The Kier molecular flexibility index (Phi) is 2.69. The second-order valence-electron chi connectivity index (χ2n) is 2.93. The van der Waals surface area contributed by atoms with Crippen molar-refractivity contribution in [3.63, 3.8) is 0 Å². The molecule has 1 aromatic carbocycles. The zero-order valence-corrected chi connectivity index (χ0v) is 7.95. The van der Waals surface area contributed by atoms with Crippen molar-refractivity contribution in [2.45, 2.75) is 0 Å². The molecule has 15 heavy (non-hydrogen) atoms. The predicted octanol–water partition coefficient (Wildman–Crippen LogP) is 1.48. The van der Waals surface area contributed by atoms with Gasteiger partial charge >= 0.3 is 0 Å². The van der Waals surface area contributed by atoms with Crippen LogP contribution in [-0.2, 0) is 4.79 Å². The van der Waals surface area contributed by atoms with Gasteiger partial charge in [-0.1, -0.05) is 18.2 Å². The molecular formula is C11H9N3O. The minimum Gasteiger partial charge on any atom is -0.299 e. The summed E-state index contributed by atoms with van der Waals surface area (Å²) in [7, 11) is 0. The number of allylic oxidation sites excluding steroid dienone is 1. The molecule has 2 aromatic rings. The van der Waals surface area contributed by atoms with Crippen LogP contribution in [-0.4, -0.2) is 21.1 Å². The molecule has 4 heteroatoms. The lowest BCUT2D eigenvalue weighted by atomic mass is 10.2. The zero-order chi connectivity index (χ0) is 10.5. The Morgan fingerprint density at radius 3 is 2.60 bits per heavy atom. The Morgan fingerprint density at radius 2 is 2.00 bits per heavy atom. The maximum absolute atomic E-state index is 10.1. The molecule has 0 aliphatic rings. The molecule has 0 amide bonds. The van der Waals surface area contributed by atoms with Crippen LogP contribution in [0.2, 0.25) is 0 Å². The maximum Gasteiger partial charge on any atom is 0.142 e. The lowest BCUT2D eigenvalue weighted by Gasteiger charge is -1.99. The van der Waals surface area contributed by atoms with E-state index in [9.17, 15) is 4.79 Å². The number of carbonyl (C=O) groups excluding carboxylic acids is 1. The van der Waals surface area contributed by atoms with E-state index in [0.29, 0.717) is 0 Å². The van der Waals surface area contributed by atoms with Crippen LogP contribution in [0.15, 0.2) is 43.0 Å². The van der Waals surface area contributed by atoms with Crippen LogP contribution in [0.3, 0.4) is 0 Å². The molecule has 0 spiro atoms. The lowest BCUT2D eigenvalue weighted by Crippen LogP contribution is -1.93. The van der Waals surface area contributed by atoms with Crippen LogP contribution < -0.4 is 0 Å². The number of hydrogen-bond donors (Lipinski definition) is 0. The van der Waals surface area contributed by atoms with Gasteiger partial charge in [0.2, 0.25) is 0 Å².